The first kappa shape index (κ1) is 22.7. The van der Waals surface area contributed by atoms with E-state index in [2.05, 4.69) is 30.5 Å². The summed E-state index contributed by atoms with van der Waals surface area (Å²) in [6, 6.07) is 8.41. The Morgan fingerprint density at radius 2 is 2.08 bits per heavy atom. The number of nitrogens with one attached hydrogen (secondary N) is 2. The number of aliphatic imine (C=N–C) groups is 1. The molecule has 2 N–H and O–H groups in total. The normalized spacial score (nSPS) is 18.7. The molecule has 26 heavy (non-hydrogen) atoms. The number of hydrogen-bond acceptors (Lipinski definition) is 2. The third-order valence-electron chi connectivity index (χ3n) is 4.50. The van der Waals surface area contributed by atoms with Gasteiger partial charge in [0.15, 0.2) is 5.96 Å². The average molecular weight is 472 g/mol. The van der Waals surface area contributed by atoms with Crippen molar-refractivity contribution < 1.29 is 4.79 Å². The van der Waals surface area contributed by atoms with Crippen LogP contribution in [-0.2, 0) is 6.42 Å². The summed E-state index contributed by atoms with van der Waals surface area (Å²) < 4.78 is 0. The number of amides is 1. The first-order chi connectivity index (χ1) is 12.0. The topological polar surface area (TPSA) is 56.7 Å². The molecule has 0 spiro atoms. The molecule has 1 aromatic rings. The lowest BCUT2D eigenvalue weighted by atomic mass is 10.1. The van der Waals surface area contributed by atoms with E-state index in [4.69, 9.17) is 4.99 Å². The van der Waals surface area contributed by atoms with Crippen LogP contribution in [0.15, 0.2) is 29.3 Å². The number of hydrogen-bond donors (Lipinski definition) is 2. The Bertz CT molecular complexity index is 603. The maximum atomic E-state index is 12.1. The third-order valence-corrected chi connectivity index (χ3v) is 4.50. The molecule has 1 aliphatic rings. The molecular weight excluding hydrogens is 439 g/mol. The highest BCUT2D eigenvalue weighted by Crippen LogP contribution is 2.34. The SMILES string of the molecule is CCCC1CC1NC(=NCCc1cccc(C(=O)N(C)C)c1)NCC.I. The second-order valence-corrected chi connectivity index (χ2v) is 6.95. The largest absolute Gasteiger partial charge is 0.357 e. The number of guanidine groups is 1. The van der Waals surface area contributed by atoms with Crippen molar-refractivity contribution in [3.63, 3.8) is 0 Å². The summed E-state index contributed by atoms with van der Waals surface area (Å²) in [5.41, 5.74) is 1.87. The number of halogens is 1. The van der Waals surface area contributed by atoms with Crippen molar-refractivity contribution in [2.45, 2.75) is 45.6 Å². The zero-order valence-corrected chi connectivity index (χ0v) is 18.7. The minimum Gasteiger partial charge on any atom is -0.357 e. The van der Waals surface area contributed by atoms with Gasteiger partial charge in [0.1, 0.15) is 0 Å². The molecule has 0 bridgehead atoms. The first-order valence-corrected chi connectivity index (χ1v) is 9.40. The van der Waals surface area contributed by atoms with Crippen molar-refractivity contribution >= 4 is 35.8 Å². The second-order valence-electron chi connectivity index (χ2n) is 6.95. The van der Waals surface area contributed by atoms with Crippen molar-refractivity contribution in [2.75, 3.05) is 27.2 Å². The maximum Gasteiger partial charge on any atom is 0.253 e. The quantitative estimate of drug-likeness (QED) is 0.347. The van der Waals surface area contributed by atoms with Crippen molar-refractivity contribution in [1.29, 1.82) is 0 Å². The number of benzene rings is 1. The van der Waals surface area contributed by atoms with E-state index in [0.29, 0.717) is 12.6 Å². The summed E-state index contributed by atoms with van der Waals surface area (Å²) in [7, 11) is 3.55. The van der Waals surface area contributed by atoms with E-state index < -0.39 is 0 Å². The molecule has 0 radical (unpaired) electrons. The Morgan fingerprint density at radius 3 is 2.73 bits per heavy atom. The molecule has 0 heterocycles. The van der Waals surface area contributed by atoms with Crippen LogP contribution in [0, 0.1) is 5.92 Å². The van der Waals surface area contributed by atoms with E-state index in [1.54, 1.807) is 19.0 Å². The highest BCUT2D eigenvalue weighted by Gasteiger charge is 2.36. The Labute approximate surface area is 175 Å². The van der Waals surface area contributed by atoms with Crippen LogP contribution in [0.2, 0.25) is 0 Å². The molecule has 5 nitrogen and oxygen atoms in total. The minimum absolute atomic E-state index is 0. The predicted octanol–water partition coefficient (Wildman–Crippen LogP) is 3.29. The molecule has 2 rings (SSSR count). The van der Waals surface area contributed by atoms with Crippen molar-refractivity contribution in [1.82, 2.24) is 15.5 Å². The number of nitrogens with zero attached hydrogens (tertiary/aromatic N) is 2. The van der Waals surface area contributed by atoms with Crippen LogP contribution in [0.25, 0.3) is 0 Å². The molecule has 1 amide bonds. The first-order valence-electron chi connectivity index (χ1n) is 9.40. The van der Waals surface area contributed by atoms with Crippen LogP contribution in [0.4, 0.5) is 0 Å². The monoisotopic (exact) mass is 472 g/mol. The molecule has 1 aliphatic carbocycles. The smallest absolute Gasteiger partial charge is 0.253 e. The van der Waals surface area contributed by atoms with E-state index >= 15 is 0 Å². The van der Waals surface area contributed by atoms with Gasteiger partial charge in [-0.2, -0.15) is 0 Å². The van der Waals surface area contributed by atoms with Crippen LogP contribution < -0.4 is 10.6 Å². The molecule has 2 unspecified atom stereocenters. The molecule has 0 aromatic heterocycles. The molecule has 0 saturated heterocycles. The summed E-state index contributed by atoms with van der Waals surface area (Å²) in [4.78, 5) is 18.4. The van der Waals surface area contributed by atoms with Gasteiger partial charge >= 0.3 is 0 Å². The lowest BCUT2D eigenvalue weighted by molar-refractivity contribution is 0.0827. The Balaban J connectivity index is 0.00000338. The van der Waals surface area contributed by atoms with Gasteiger partial charge < -0.3 is 15.5 Å². The summed E-state index contributed by atoms with van der Waals surface area (Å²) >= 11 is 0. The lowest BCUT2D eigenvalue weighted by Crippen LogP contribution is -2.39. The van der Waals surface area contributed by atoms with Gasteiger partial charge in [0.05, 0.1) is 0 Å². The van der Waals surface area contributed by atoms with Gasteiger partial charge in [-0.15, -0.1) is 24.0 Å². The van der Waals surface area contributed by atoms with Crippen LogP contribution in [-0.4, -0.2) is 50.0 Å². The van der Waals surface area contributed by atoms with Crippen LogP contribution >= 0.6 is 24.0 Å². The lowest BCUT2D eigenvalue weighted by Gasteiger charge is -2.12. The molecule has 6 heteroatoms. The Kier molecular flexibility index (Phi) is 9.98. The summed E-state index contributed by atoms with van der Waals surface area (Å²) in [5, 5.41) is 6.86. The van der Waals surface area contributed by atoms with Gasteiger partial charge in [-0.05, 0) is 49.8 Å². The van der Waals surface area contributed by atoms with Crippen LogP contribution in [0.5, 0.6) is 0 Å². The fraction of sp³-hybridized carbons (Fsp3) is 0.600. The molecule has 146 valence electrons. The van der Waals surface area contributed by atoms with Crippen LogP contribution in [0.3, 0.4) is 0 Å². The van der Waals surface area contributed by atoms with E-state index in [1.165, 1.54) is 19.3 Å². The highest BCUT2D eigenvalue weighted by molar-refractivity contribution is 14.0. The highest BCUT2D eigenvalue weighted by atomic mass is 127. The van der Waals surface area contributed by atoms with Crippen molar-refractivity contribution in [3.8, 4) is 0 Å². The average Bonchev–Trinajstić information content (AvgIpc) is 3.32. The predicted molar refractivity (Wildman–Crippen MR) is 119 cm³/mol. The van der Waals surface area contributed by atoms with Crippen LogP contribution in [0.1, 0.15) is 49.0 Å². The summed E-state index contributed by atoms with van der Waals surface area (Å²) in [6.07, 6.45) is 4.63. The standard InChI is InChI=1S/C20H32N4O.HI/c1-5-8-16-14-18(16)23-20(21-6-2)22-12-11-15-9-7-10-17(13-15)19(25)24(3)4;/h7,9-10,13,16,18H,5-6,8,11-12,14H2,1-4H3,(H2,21,22,23);1H. The Hall–Kier alpha value is -1.31. The van der Waals surface area contributed by atoms with E-state index in [-0.39, 0.29) is 29.9 Å². The molecule has 1 saturated carbocycles. The van der Waals surface area contributed by atoms with Gasteiger partial charge in [0, 0.05) is 38.8 Å². The number of rotatable bonds is 8. The van der Waals surface area contributed by atoms with E-state index in [0.717, 1.165) is 36.0 Å². The maximum absolute atomic E-state index is 12.1. The van der Waals surface area contributed by atoms with E-state index in [9.17, 15) is 4.79 Å². The summed E-state index contributed by atoms with van der Waals surface area (Å²) in [6.45, 7) is 5.90. The number of carbonyl (C=O) groups is 1. The second kappa shape index (κ2) is 11.4. The van der Waals surface area contributed by atoms with Crippen molar-refractivity contribution in [3.05, 3.63) is 35.4 Å². The molecule has 0 aliphatic heterocycles. The fourth-order valence-electron chi connectivity index (χ4n) is 3.02. The fourth-order valence-corrected chi connectivity index (χ4v) is 3.02. The third kappa shape index (κ3) is 7.13. The zero-order chi connectivity index (χ0) is 18.2. The molecular formula is C20H33IN4O. The van der Waals surface area contributed by atoms with Gasteiger partial charge in [-0.3, -0.25) is 9.79 Å². The van der Waals surface area contributed by atoms with Gasteiger partial charge in [-0.25, -0.2) is 0 Å². The molecule has 1 aromatic carbocycles. The van der Waals surface area contributed by atoms with E-state index in [1.807, 2.05) is 18.2 Å². The van der Waals surface area contributed by atoms with Crippen molar-refractivity contribution in [2.24, 2.45) is 10.9 Å². The van der Waals surface area contributed by atoms with Gasteiger partial charge in [-0.1, -0.05) is 25.5 Å². The number of carbonyl (C=O) groups excluding carboxylic acids is 1. The molecule has 2 atom stereocenters. The minimum atomic E-state index is 0. The Morgan fingerprint density at radius 1 is 1.31 bits per heavy atom. The summed E-state index contributed by atoms with van der Waals surface area (Å²) in [5.74, 6) is 1.75. The molecule has 1 fully saturated rings. The zero-order valence-electron chi connectivity index (χ0n) is 16.4. The van der Waals surface area contributed by atoms with Gasteiger partial charge in [0.25, 0.3) is 5.91 Å². The van der Waals surface area contributed by atoms with Gasteiger partial charge in [0.2, 0.25) is 0 Å².